The summed E-state index contributed by atoms with van der Waals surface area (Å²) < 4.78 is -0.651. The van der Waals surface area contributed by atoms with Crippen molar-refractivity contribution in [3.8, 4) is 0 Å². The average molecular weight is 596 g/mol. The van der Waals surface area contributed by atoms with Gasteiger partial charge in [0, 0.05) is 43.6 Å². The van der Waals surface area contributed by atoms with Crippen molar-refractivity contribution >= 4 is 29.5 Å². The number of carbonyl (C=O) groups is 3. The van der Waals surface area contributed by atoms with Gasteiger partial charge in [-0.15, -0.1) is 24.9 Å². The zero-order valence-corrected chi connectivity index (χ0v) is 26.7. The van der Waals surface area contributed by atoms with E-state index in [0.29, 0.717) is 26.2 Å². The average Bonchev–Trinajstić information content (AvgIpc) is 3.54. The lowest BCUT2D eigenvalue weighted by molar-refractivity contribution is -0.146. The minimum Gasteiger partial charge on any atom is -0.396 e. The lowest BCUT2D eigenvalue weighted by Gasteiger charge is -2.44. The van der Waals surface area contributed by atoms with Crippen LogP contribution in [0.15, 0.2) is 55.6 Å². The number of fused-ring (bicyclic) bond motifs is 1. The lowest BCUT2D eigenvalue weighted by Crippen LogP contribution is -2.60. The van der Waals surface area contributed by atoms with Crippen molar-refractivity contribution < 1.29 is 19.5 Å². The molecule has 1 aromatic rings. The summed E-state index contributed by atoms with van der Waals surface area (Å²) in [4.78, 5) is 49.1. The third-order valence-electron chi connectivity index (χ3n) is 9.34. The number of aliphatic hydroxyl groups is 1. The molecule has 3 aliphatic rings. The number of rotatable bonds is 14. The standard InChI is InChI=1S/C34H49N3O4S/c1-7-18-35(23-25-16-12-11-13-17-25)30(39)27-26-22-24(3)34(42-26)28(27)31(40)36(20-14-9-10-15-21-38)29(34)32(41)37(19-8-2)33(4,5)6/h7-8,11-13,16-17,24,26-29,38H,1-2,9-10,14-15,18-23H2,3-6H3/t24?,26-,27+,28-,29?,34?/m0/s1. The summed E-state index contributed by atoms with van der Waals surface area (Å²) in [6, 6.07) is 9.29. The van der Waals surface area contributed by atoms with Crippen molar-refractivity contribution in [2.24, 2.45) is 17.8 Å². The third kappa shape index (κ3) is 5.94. The van der Waals surface area contributed by atoms with E-state index >= 15 is 0 Å². The van der Waals surface area contributed by atoms with Crippen LogP contribution in [0.5, 0.6) is 0 Å². The van der Waals surface area contributed by atoms with Crippen molar-refractivity contribution in [3.63, 3.8) is 0 Å². The molecule has 3 saturated heterocycles. The summed E-state index contributed by atoms with van der Waals surface area (Å²) in [5, 5.41) is 9.21. The summed E-state index contributed by atoms with van der Waals surface area (Å²) >= 11 is 1.73. The highest BCUT2D eigenvalue weighted by atomic mass is 32.2. The minimum atomic E-state index is -0.651. The fraction of sp³-hybridized carbons (Fsp3) is 0.618. The van der Waals surface area contributed by atoms with Crippen molar-refractivity contribution in [3.05, 3.63) is 61.2 Å². The maximum atomic E-state index is 14.6. The normalized spacial score (nSPS) is 28.1. The highest BCUT2D eigenvalue weighted by Crippen LogP contribution is 2.69. The summed E-state index contributed by atoms with van der Waals surface area (Å²) in [5.74, 6) is -1.01. The number of benzene rings is 1. The first kappa shape index (κ1) is 32.3. The summed E-state index contributed by atoms with van der Waals surface area (Å²) in [6.45, 7) is 17.9. The fourth-order valence-corrected chi connectivity index (χ4v) is 9.85. The SMILES string of the molecule is C=CCN(Cc1ccccc1)C(=O)[C@@H]1[C@@H]2CC(C)C3(S2)C(C(=O)N(CC=C)C(C)(C)C)N(CCCCCCO)C(=O)[C@H]13. The Morgan fingerprint density at radius 3 is 2.36 bits per heavy atom. The summed E-state index contributed by atoms with van der Waals surface area (Å²) in [6.07, 6.45) is 7.54. The molecule has 1 N–H and O–H groups in total. The number of nitrogens with zero attached hydrogens (tertiary/aromatic N) is 3. The predicted octanol–water partition coefficient (Wildman–Crippen LogP) is 4.90. The Kier molecular flexibility index (Phi) is 10.3. The Hall–Kier alpha value is -2.58. The van der Waals surface area contributed by atoms with Crippen molar-refractivity contribution in [2.75, 3.05) is 26.2 Å². The molecular weight excluding hydrogens is 546 g/mol. The van der Waals surface area contributed by atoms with Gasteiger partial charge < -0.3 is 19.8 Å². The molecular formula is C34H49N3O4S. The van der Waals surface area contributed by atoms with Crippen LogP contribution in [-0.4, -0.2) is 85.3 Å². The molecule has 0 aliphatic carbocycles. The van der Waals surface area contributed by atoms with Gasteiger partial charge in [-0.25, -0.2) is 0 Å². The molecule has 8 heteroatoms. The lowest BCUT2D eigenvalue weighted by atomic mass is 9.65. The second-order valence-corrected chi connectivity index (χ2v) is 14.7. The van der Waals surface area contributed by atoms with Gasteiger partial charge in [-0.3, -0.25) is 14.4 Å². The van der Waals surface area contributed by atoms with Gasteiger partial charge in [0.15, 0.2) is 0 Å². The van der Waals surface area contributed by atoms with Gasteiger partial charge in [-0.2, -0.15) is 0 Å². The first-order valence-electron chi connectivity index (χ1n) is 15.5. The first-order valence-corrected chi connectivity index (χ1v) is 16.4. The van der Waals surface area contributed by atoms with Crippen LogP contribution in [0.2, 0.25) is 0 Å². The molecule has 1 aromatic carbocycles. The molecule has 7 nitrogen and oxygen atoms in total. The van der Waals surface area contributed by atoms with Crippen LogP contribution in [0.25, 0.3) is 0 Å². The molecule has 0 radical (unpaired) electrons. The Balaban J connectivity index is 1.72. The molecule has 3 unspecified atom stereocenters. The Morgan fingerprint density at radius 1 is 1.07 bits per heavy atom. The maximum absolute atomic E-state index is 14.6. The zero-order chi connectivity index (χ0) is 30.7. The van der Waals surface area contributed by atoms with Gasteiger partial charge in [-0.1, -0.05) is 62.2 Å². The predicted molar refractivity (Wildman–Crippen MR) is 170 cm³/mol. The Morgan fingerprint density at radius 2 is 1.74 bits per heavy atom. The van der Waals surface area contributed by atoms with Gasteiger partial charge in [-0.05, 0) is 51.5 Å². The topological polar surface area (TPSA) is 81.2 Å². The van der Waals surface area contributed by atoms with Gasteiger partial charge >= 0.3 is 0 Å². The zero-order valence-electron chi connectivity index (χ0n) is 25.8. The van der Waals surface area contributed by atoms with Crippen LogP contribution in [0.4, 0.5) is 0 Å². The quantitative estimate of drug-likeness (QED) is 0.244. The fourth-order valence-electron chi connectivity index (χ4n) is 7.44. The van der Waals surface area contributed by atoms with Crippen LogP contribution >= 0.6 is 11.8 Å². The molecule has 0 aromatic heterocycles. The van der Waals surface area contributed by atoms with E-state index in [0.717, 1.165) is 37.7 Å². The molecule has 3 amide bonds. The van der Waals surface area contributed by atoms with E-state index in [1.807, 2.05) is 65.8 Å². The van der Waals surface area contributed by atoms with Crippen molar-refractivity contribution in [1.82, 2.24) is 14.7 Å². The molecule has 1 spiro atoms. The molecule has 3 heterocycles. The molecule has 6 atom stereocenters. The maximum Gasteiger partial charge on any atom is 0.247 e. The Labute approximate surface area is 256 Å². The van der Waals surface area contributed by atoms with E-state index in [1.165, 1.54) is 0 Å². The van der Waals surface area contributed by atoms with E-state index in [9.17, 15) is 19.5 Å². The number of hydrogen-bond donors (Lipinski definition) is 1. The molecule has 230 valence electrons. The van der Waals surface area contributed by atoms with E-state index in [-0.39, 0.29) is 35.5 Å². The molecule has 2 bridgehead atoms. The van der Waals surface area contributed by atoms with E-state index in [1.54, 1.807) is 23.9 Å². The summed E-state index contributed by atoms with van der Waals surface area (Å²) in [7, 11) is 0. The molecule has 3 fully saturated rings. The molecule has 3 aliphatic heterocycles. The van der Waals surface area contributed by atoms with E-state index < -0.39 is 28.2 Å². The second kappa shape index (κ2) is 13.4. The van der Waals surface area contributed by atoms with Gasteiger partial charge in [0.05, 0.1) is 16.6 Å². The van der Waals surface area contributed by atoms with Crippen LogP contribution in [0, 0.1) is 17.8 Å². The number of hydrogen-bond acceptors (Lipinski definition) is 5. The number of aliphatic hydroxyl groups excluding tert-OH is 1. The van der Waals surface area contributed by atoms with Gasteiger partial charge in [0.1, 0.15) is 6.04 Å². The highest BCUT2D eigenvalue weighted by molar-refractivity contribution is 8.02. The number of thioether (sulfide) groups is 1. The number of likely N-dealkylation sites (tertiary alicyclic amines) is 1. The largest absolute Gasteiger partial charge is 0.396 e. The van der Waals surface area contributed by atoms with Crippen molar-refractivity contribution in [2.45, 2.75) is 87.9 Å². The number of carbonyl (C=O) groups excluding carboxylic acids is 3. The van der Waals surface area contributed by atoms with E-state index in [4.69, 9.17) is 0 Å². The number of unbranched alkanes of at least 4 members (excludes halogenated alkanes) is 3. The highest BCUT2D eigenvalue weighted by Gasteiger charge is 2.76. The first-order chi connectivity index (χ1) is 20.0. The van der Waals surface area contributed by atoms with Crippen molar-refractivity contribution in [1.29, 1.82) is 0 Å². The van der Waals surface area contributed by atoms with Crippen LogP contribution in [0.1, 0.15) is 65.4 Å². The number of amides is 3. The van der Waals surface area contributed by atoms with Gasteiger partial charge in [0.2, 0.25) is 17.7 Å². The van der Waals surface area contributed by atoms with E-state index in [2.05, 4.69) is 20.1 Å². The third-order valence-corrected chi connectivity index (χ3v) is 11.4. The molecule has 0 saturated carbocycles. The molecule has 4 rings (SSSR count). The van der Waals surface area contributed by atoms with Crippen LogP contribution in [0.3, 0.4) is 0 Å². The molecule has 42 heavy (non-hydrogen) atoms. The monoisotopic (exact) mass is 595 g/mol. The smallest absolute Gasteiger partial charge is 0.247 e. The van der Waals surface area contributed by atoms with Gasteiger partial charge in [0.25, 0.3) is 0 Å². The Bertz CT molecular complexity index is 1150. The summed E-state index contributed by atoms with van der Waals surface area (Å²) in [5.41, 5.74) is 0.582. The minimum absolute atomic E-state index is 0.00552. The van der Waals surface area contributed by atoms with Crippen LogP contribution in [-0.2, 0) is 20.9 Å². The van der Waals surface area contributed by atoms with Crippen LogP contribution < -0.4 is 0 Å². The second-order valence-electron chi connectivity index (χ2n) is 13.1.